The number of carboxylic acids is 1. The number of rotatable bonds is 5. The van der Waals surface area contributed by atoms with Gasteiger partial charge < -0.3 is 9.84 Å². The Morgan fingerprint density at radius 2 is 2.43 bits per heavy atom. The second-order valence-corrected chi connectivity index (χ2v) is 4.15. The van der Waals surface area contributed by atoms with Crippen molar-refractivity contribution in [3.8, 4) is 0 Å². The van der Waals surface area contributed by atoms with E-state index in [1.165, 1.54) is 0 Å². The SMILES string of the molecule is COCCNC1(C(=O)O)CCC(C)C1. The highest BCUT2D eigenvalue weighted by molar-refractivity contribution is 5.79. The summed E-state index contributed by atoms with van der Waals surface area (Å²) in [4.78, 5) is 11.2. The fourth-order valence-corrected chi connectivity index (χ4v) is 2.11. The summed E-state index contributed by atoms with van der Waals surface area (Å²) in [5, 5.41) is 12.3. The van der Waals surface area contributed by atoms with Gasteiger partial charge >= 0.3 is 5.97 Å². The summed E-state index contributed by atoms with van der Waals surface area (Å²) in [6.07, 6.45) is 2.45. The van der Waals surface area contributed by atoms with E-state index < -0.39 is 11.5 Å². The van der Waals surface area contributed by atoms with Crippen molar-refractivity contribution in [2.24, 2.45) is 5.92 Å². The standard InChI is InChI=1S/C10H19NO3/c1-8-3-4-10(7-8,9(12)13)11-5-6-14-2/h8,11H,3-7H2,1-2H3,(H,12,13). The van der Waals surface area contributed by atoms with Gasteiger partial charge in [-0.2, -0.15) is 0 Å². The predicted octanol–water partition coefficient (Wildman–Crippen LogP) is 0.866. The summed E-state index contributed by atoms with van der Waals surface area (Å²) in [7, 11) is 1.62. The largest absolute Gasteiger partial charge is 0.480 e. The molecule has 0 aromatic carbocycles. The van der Waals surface area contributed by atoms with Crippen molar-refractivity contribution >= 4 is 5.97 Å². The average molecular weight is 201 g/mol. The maximum atomic E-state index is 11.2. The molecule has 2 N–H and O–H groups in total. The highest BCUT2D eigenvalue weighted by Crippen LogP contribution is 2.34. The Kier molecular flexibility index (Phi) is 3.89. The lowest BCUT2D eigenvalue weighted by atomic mass is 9.96. The van der Waals surface area contributed by atoms with E-state index in [1.807, 2.05) is 0 Å². The van der Waals surface area contributed by atoms with Gasteiger partial charge in [0.25, 0.3) is 0 Å². The van der Waals surface area contributed by atoms with E-state index in [0.717, 1.165) is 19.3 Å². The van der Waals surface area contributed by atoms with Crippen molar-refractivity contribution in [3.05, 3.63) is 0 Å². The van der Waals surface area contributed by atoms with E-state index in [9.17, 15) is 9.90 Å². The molecule has 1 rings (SSSR count). The molecule has 0 amide bonds. The van der Waals surface area contributed by atoms with Crippen LogP contribution in [0.25, 0.3) is 0 Å². The van der Waals surface area contributed by atoms with Gasteiger partial charge in [0.2, 0.25) is 0 Å². The highest BCUT2D eigenvalue weighted by Gasteiger charge is 2.43. The van der Waals surface area contributed by atoms with Crippen LogP contribution in [0.1, 0.15) is 26.2 Å². The Hall–Kier alpha value is -0.610. The van der Waals surface area contributed by atoms with Gasteiger partial charge in [-0.3, -0.25) is 10.1 Å². The zero-order valence-electron chi connectivity index (χ0n) is 8.88. The second kappa shape index (κ2) is 4.75. The first-order valence-corrected chi connectivity index (χ1v) is 5.08. The maximum absolute atomic E-state index is 11.2. The number of ether oxygens (including phenoxy) is 1. The normalized spacial score (nSPS) is 32.0. The molecule has 0 aromatic heterocycles. The van der Waals surface area contributed by atoms with Crippen molar-refractivity contribution in [2.45, 2.75) is 31.7 Å². The molecule has 4 heteroatoms. The first-order valence-electron chi connectivity index (χ1n) is 5.08. The molecule has 1 aliphatic carbocycles. The Morgan fingerprint density at radius 3 is 2.86 bits per heavy atom. The van der Waals surface area contributed by atoms with Crippen LogP contribution in [0.4, 0.5) is 0 Å². The van der Waals surface area contributed by atoms with E-state index in [-0.39, 0.29) is 0 Å². The first kappa shape index (κ1) is 11.5. The Bertz CT molecular complexity index is 208. The molecular weight excluding hydrogens is 182 g/mol. The molecule has 1 fully saturated rings. The molecular formula is C10H19NO3. The minimum atomic E-state index is -0.724. The van der Waals surface area contributed by atoms with Crippen LogP contribution in [0.5, 0.6) is 0 Å². The minimum absolute atomic E-state index is 0.501. The molecule has 14 heavy (non-hydrogen) atoms. The van der Waals surface area contributed by atoms with E-state index >= 15 is 0 Å². The molecule has 0 heterocycles. The third kappa shape index (κ3) is 2.45. The lowest BCUT2D eigenvalue weighted by molar-refractivity contribution is -0.144. The minimum Gasteiger partial charge on any atom is -0.480 e. The van der Waals surface area contributed by atoms with Crippen LogP contribution in [-0.4, -0.2) is 36.9 Å². The highest BCUT2D eigenvalue weighted by atomic mass is 16.5. The summed E-state index contributed by atoms with van der Waals surface area (Å²) in [5.74, 6) is -0.223. The van der Waals surface area contributed by atoms with E-state index in [0.29, 0.717) is 19.1 Å². The van der Waals surface area contributed by atoms with Crippen LogP contribution in [0.15, 0.2) is 0 Å². The van der Waals surface area contributed by atoms with Gasteiger partial charge in [-0.15, -0.1) is 0 Å². The van der Waals surface area contributed by atoms with Gasteiger partial charge in [0.15, 0.2) is 0 Å². The summed E-state index contributed by atoms with van der Waals surface area (Å²) in [5.41, 5.74) is -0.696. The molecule has 82 valence electrons. The molecule has 4 nitrogen and oxygen atoms in total. The monoisotopic (exact) mass is 201 g/mol. The third-order valence-electron chi connectivity index (χ3n) is 2.94. The number of carboxylic acid groups (broad SMARTS) is 1. The van der Waals surface area contributed by atoms with Crippen molar-refractivity contribution in [3.63, 3.8) is 0 Å². The van der Waals surface area contributed by atoms with Gasteiger partial charge in [0, 0.05) is 13.7 Å². The topological polar surface area (TPSA) is 58.6 Å². The Labute approximate surface area is 84.6 Å². The lowest BCUT2D eigenvalue weighted by Gasteiger charge is -2.25. The first-order chi connectivity index (χ1) is 6.60. The zero-order valence-corrected chi connectivity index (χ0v) is 8.88. The van der Waals surface area contributed by atoms with Gasteiger partial charge in [-0.25, -0.2) is 0 Å². The molecule has 0 aliphatic heterocycles. The van der Waals surface area contributed by atoms with E-state index in [1.54, 1.807) is 7.11 Å². The lowest BCUT2D eigenvalue weighted by Crippen LogP contribution is -2.51. The van der Waals surface area contributed by atoms with Crippen LogP contribution >= 0.6 is 0 Å². The molecule has 0 spiro atoms. The van der Waals surface area contributed by atoms with E-state index in [2.05, 4.69) is 12.2 Å². The van der Waals surface area contributed by atoms with Crippen molar-refractivity contribution in [1.29, 1.82) is 0 Å². The van der Waals surface area contributed by atoms with Gasteiger partial charge in [-0.05, 0) is 25.2 Å². The number of methoxy groups -OCH3 is 1. The molecule has 1 aliphatic rings. The summed E-state index contributed by atoms with van der Waals surface area (Å²) < 4.78 is 4.90. The van der Waals surface area contributed by atoms with Gasteiger partial charge in [-0.1, -0.05) is 6.92 Å². The summed E-state index contributed by atoms with van der Waals surface area (Å²) in [6, 6.07) is 0. The quantitative estimate of drug-likeness (QED) is 0.648. The molecule has 2 atom stereocenters. The molecule has 1 saturated carbocycles. The van der Waals surface area contributed by atoms with Crippen molar-refractivity contribution in [1.82, 2.24) is 5.32 Å². The van der Waals surface area contributed by atoms with Crippen LogP contribution in [0, 0.1) is 5.92 Å². The number of hydrogen-bond donors (Lipinski definition) is 2. The molecule has 0 bridgehead atoms. The van der Waals surface area contributed by atoms with Crippen molar-refractivity contribution in [2.75, 3.05) is 20.3 Å². The fourth-order valence-electron chi connectivity index (χ4n) is 2.11. The molecule has 0 radical (unpaired) electrons. The number of hydrogen-bond acceptors (Lipinski definition) is 3. The molecule has 0 aromatic rings. The zero-order chi connectivity index (χ0) is 10.6. The third-order valence-corrected chi connectivity index (χ3v) is 2.94. The Morgan fingerprint density at radius 1 is 1.71 bits per heavy atom. The van der Waals surface area contributed by atoms with Crippen LogP contribution in [0.3, 0.4) is 0 Å². The smallest absolute Gasteiger partial charge is 0.323 e. The van der Waals surface area contributed by atoms with Crippen LogP contribution in [-0.2, 0) is 9.53 Å². The summed E-state index contributed by atoms with van der Waals surface area (Å²) >= 11 is 0. The van der Waals surface area contributed by atoms with Gasteiger partial charge in [0.1, 0.15) is 5.54 Å². The summed E-state index contributed by atoms with van der Waals surface area (Å²) in [6.45, 7) is 3.27. The van der Waals surface area contributed by atoms with Crippen LogP contribution in [0.2, 0.25) is 0 Å². The second-order valence-electron chi connectivity index (χ2n) is 4.15. The number of nitrogens with one attached hydrogen (secondary N) is 1. The Balaban J connectivity index is 2.50. The number of aliphatic carboxylic acids is 1. The van der Waals surface area contributed by atoms with Crippen LogP contribution < -0.4 is 5.32 Å². The van der Waals surface area contributed by atoms with Crippen molar-refractivity contribution < 1.29 is 14.6 Å². The molecule has 2 unspecified atom stereocenters. The van der Waals surface area contributed by atoms with E-state index in [4.69, 9.17) is 4.74 Å². The fraction of sp³-hybridized carbons (Fsp3) is 0.900. The number of carbonyl (C=O) groups is 1. The predicted molar refractivity (Wildman–Crippen MR) is 53.3 cm³/mol. The average Bonchev–Trinajstić information content (AvgIpc) is 2.49. The maximum Gasteiger partial charge on any atom is 0.323 e. The van der Waals surface area contributed by atoms with Gasteiger partial charge in [0.05, 0.1) is 6.61 Å². The molecule has 0 saturated heterocycles.